The maximum absolute atomic E-state index is 15.9. The molecule has 14 heteroatoms. The van der Waals surface area contributed by atoms with E-state index in [0.717, 1.165) is 21.9 Å². The van der Waals surface area contributed by atoms with Gasteiger partial charge in [0.1, 0.15) is 11.3 Å². The normalized spacial score (nSPS) is 12.9. The topological polar surface area (TPSA) is 132 Å². The molecular formula is C33H33ClFN5O6S. The first-order valence-corrected chi connectivity index (χ1v) is 15.8. The molecule has 0 unspecified atom stereocenters. The molecule has 5 rings (SSSR count). The fourth-order valence-electron chi connectivity index (χ4n) is 4.86. The van der Waals surface area contributed by atoms with E-state index in [-0.39, 0.29) is 39.2 Å². The molecule has 1 aliphatic heterocycles. The lowest BCUT2D eigenvalue weighted by Gasteiger charge is -2.29. The molecule has 0 spiro atoms. The van der Waals surface area contributed by atoms with Crippen LogP contribution in [-0.2, 0) is 27.2 Å². The van der Waals surface area contributed by atoms with Crippen LogP contribution in [-0.4, -0.2) is 59.1 Å². The fraction of sp³-hybridized carbons (Fsp3) is 0.303. The van der Waals surface area contributed by atoms with Crippen LogP contribution in [0.1, 0.15) is 63.5 Å². The van der Waals surface area contributed by atoms with E-state index >= 15 is 4.39 Å². The third kappa shape index (κ3) is 7.76. The van der Waals surface area contributed by atoms with Crippen LogP contribution in [0, 0.1) is 5.82 Å². The molecule has 0 saturated heterocycles. The van der Waals surface area contributed by atoms with Gasteiger partial charge in [0.25, 0.3) is 11.8 Å². The van der Waals surface area contributed by atoms with Gasteiger partial charge in [0.15, 0.2) is 17.1 Å². The van der Waals surface area contributed by atoms with Crippen LogP contribution >= 0.6 is 22.9 Å². The van der Waals surface area contributed by atoms with Crippen LogP contribution in [0.5, 0.6) is 0 Å². The van der Waals surface area contributed by atoms with Gasteiger partial charge in [0.2, 0.25) is 0 Å². The highest BCUT2D eigenvalue weighted by Crippen LogP contribution is 2.37. The number of nitrogens with one attached hydrogen (secondary N) is 2. The number of thiazole rings is 1. The predicted molar refractivity (Wildman–Crippen MR) is 176 cm³/mol. The molecule has 0 fully saturated rings. The Hall–Kier alpha value is -4.43. The number of methoxy groups -OCH3 is 2. The summed E-state index contributed by atoms with van der Waals surface area (Å²) in [7, 11) is 2.99. The van der Waals surface area contributed by atoms with Crippen LogP contribution in [0.25, 0.3) is 11.1 Å². The molecule has 0 saturated carbocycles. The second-order valence-electron chi connectivity index (χ2n) is 11.6. The number of nitrogens with zero attached hydrogens (tertiary/aromatic N) is 3. The van der Waals surface area contributed by atoms with Crippen molar-refractivity contribution in [2.45, 2.75) is 45.6 Å². The van der Waals surface area contributed by atoms with E-state index in [9.17, 15) is 14.4 Å². The number of rotatable bonds is 8. The van der Waals surface area contributed by atoms with E-state index < -0.39 is 35.6 Å². The van der Waals surface area contributed by atoms with Crippen molar-refractivity contribution in [3.8, 4) is 11.1 Å². The summed E-state index contributed by atoms with van der Waals surface area (Å²) < 4.78 is 31.7. The summed E-state index contributed by atoms with van der Waals surface area (Å²) in [5, 5.41) is 5.57. The number of pyridine rings is 1. The fourth-order valence-corrected chi connectivity index (χ4v) is 6.15. The highest BCUT2D eigenvalue weighted by atomic mass is 35.5. The SMILES string of the molecule is COC(OC)c1ccc(C(=O)Nc2cccc(-c3cccc(NC(=O)c4nc5c(s4)CN(C(=O)OC(C)(C)C)CC5)c3F)c2Cl)nc1. The third-order valence-electron chi connectivity index (χ3n) is 7.08. The van der Waals surface area contributed by atoms with Crippen molar-refractivity contribution in [2.24, 2.45) is 0 Å². The van der Waals surface area contributed by atoms with Crippen molar-refractivity contribution >= 4 is 52.2 Å². The number of ether oxygens (including phenoxy) is 3. The minimum Gasteiger partial charge on any atom is -0.444 e. The number of halogens is 2. The molecule has 3 amide bonds. The van der Waals surface area contributed by atoms with Crippen molar-refractivity contribution in [3.05, 3.63) is 92.4 Å². The number of carbonyl (C=O) groups is 3. The van der Waals surface area contributed by atoms with E-state index in [1.165, 1.54) is 38.6 Å². The Morgan fingerprint density at radius 1 is 0.979 bits per heavy atom. The number of hydrogen-bond donors (Lipinski definition) is 2. The maximum Gasteiger partial charge on any atom is 0.410 e. The Balaban J connectivity index is 1.30. The third-order valence-corrected chi connectivity index (χ3v) is 8.57. The van der Waals surface area contributed by atoms with E-state index in [1.807, 2.05) is 0 Å². The summed E-state index contributed by atoms with van der Waals surface area (Å²) in [5.41, 5.74) is 1.44. The average Bonchev–Trinajstić information content (AvgIpc) is 3.47. The largest absolute Gasteiger partial charge is 0.444 e. The minimum atomic E-state index is -0.716. The Bertz CT molecular complexity index is 1810. The number of amides is 3. The van der Waals surface area contributed by atoms with E-state index in [1.54, 1.807) is 56.0 Å². The summed E-state index contributed by atoms with van der Waals surface area (Å²) in [6, 6.07) is 12.5. The van der Waals surface area contributed by atoms with Gasteiger partial charge in [-0.3, -0.25) is 14.6 Å². The van der Waals surface area contributed by atoms with Gasteiger partial charge in [-0.15, -0.1) is 11.3 Å². The standard InChI is InChI=1S/C33H33ClFN5O6S/c1-33(2,3)46-32(43)40-15-14-21-25(17-40)47-30(39-21)29(42)38-23-11-7-9-20(27(23)35)19-8-6-10-22(26(19)34)37-28(41)24-13-12-18(16-36-24)31(44-4)45-5/h6-13,16,31H,14-15,17H2,1-5H3,(H,37,41)(H,38,42). The molecule has 1 aliphatic rings. The van der Waals surface area contributed by atoms with Crippen LogP contribution in [0.2, 0.25) is 5.02 Å². The maximum atomic E-state index is 15.9. The first-order chi connectivity index (χ1) is 22.4. The summed E-state index contributed by atoms with van der Waals surface area (Å²) in [4.78, 5) is 49.6. The second-order valence-corrected chi connectivity index (χ2v) is 13.0. The van der Waals surface area contributed by atoms with Gasteiger partial charge in [-0.1, -0.05) is 41.9 Å². The van der Waals surface area contributed by atoms with Crippen molar-refractivity contribution in [1.29, 1.82) is 0 Å². The average molecular weight is 682 g/mol. The van der Waals surface area contributed by atoms with Gasteiger partial charge in [0.05, 0.1) is 28.6 Å². The van der Waals surface area contributed by atoms with Crippen LogP contribution < -0.4 is 10.6 Å². The van der Waals surface area contributed by atoms with E-state index in [2.05, 4.69) is 20.6 Å². The molecule has 11 nitrogen and oxygen atoms in total. The highest BCUT2D eigenvalue weighted by Gasteiger charge is 2.29. The van der Waals surface area contributed by atoms with Gasteiger partial charge in [-0.25, -0.2) is 14.2 Å². The number of aromatic nitrogens is 2. The molecular weight excluding hydrogens is 649 g/mol. The Kier molecular flexibility index (Phi) is 10.2. The molecule has 0 aliphatic carbocycles. The second kappa shape index (κ2) is 14.1. The molecule has 246 valence electrons. The zero-order valence-electron chi connectivity index (χ0n) is 26.4. The number of anilines is 2. The summed E-state index contributed by atoms with van der Waals surface area (Å²) in [5.74, 6) is -1.83. The molecule has 0 radical (unpaired) electrons. The van der Waals surface area contributed by atoms with E-state index in [4.69, 9.17) is 25.8 Å². The van der Waals surface area contributed by atoms with Crippen molar-refractivity contribution in [1.82, 2.24) is 14.9 Å². The zero-order valence-corrected chi connectivity index (χ0v) is 27.9. The molecule has 47 heavy (non-hydrogen) atoms. The lowest BCUT2D eigenvalue weighted by molar-refractivity contribution is -0.106. The zero-order chi connectivity index (χ0) is 33.9. The molecule has 2 N–H and O–H groups in total. The monoisotopic (exact) mass is 681 g/mol. The first-order valence-electron chi connectivity index (χ1n) is 14.6. The molecule has 2 aromatic heterocycles. The predicted octanol–water partition coefficient (Wildman–Crippen LogP) is 7.09. The quantitative estimate of drug-likeness (QED) is 0.189. The number of hydrogen-bond acceptors (Lipinski definition) is 9. The van der Waals surface area contributed by atoms with Crippen LogP contribution in [0.4, 0.5) is 20.6 Å². The van der Waals surface area contributed by atoms with Gasteiger partial charge < -0.3 is 29.7 Å². The van der Waals surface area contributed by atoms with Gasteiger partial charge in [-0.05, 0) is 39.0 Å². The lowest BCUT2D eigenvalue weighted by atomic mass is 10.0. The Morgan fingerprint density at radius 3 is 2.32 bits per heavy atom. The summed E-state index contributed by atoms with van der Waals surface area (Å²) in [6.45, 7) is 6.08. The molecule has 2 aromatic carbocycles. The summed E-state index contributed by atoms with van der Waals surface area (Å²) >= 11 is 7.81. The van der Waals surface area contributed by atoms with Crippen LogP contribution in [0.15, 0.2) is 54.7 Å². The van der Waals surface area contributed by atoms with E-state index in [0.29, 0.717) is 24.1 Å². The minimum absolute atomic E-state index is 0.0729. The molecule has 0 atom stereocenters. The van der Waals surface area contributed by atoms with Crippen LogP contribution in [0.3, 0.4) is 0 Å². The number of fused-ring (bicyclic) bond motifs is 1. The Morgan fingerprint density at radius 2 is 1.66 bits per heavy atom. The number of carbonyl (C=O) groups excluding carboxylic acids is 3. The Labute approximate surface area is 280 Å². The van der Waals surface area contributed by atoms with Gasteiger partial charge >= 0.3 is 6.09 Å². The first kappa shape index (κ1) is 33.9. The van der Waals surface area contributed by atoms with Gasteiger partial charge in [0, 0.05) is 54.9 Å². The summed E-state index contributed by atoms with van der Waals surface area (Å²) in [6.07, 6.45) is 0.888. The lowest BCUT2D eigenvalue weighted by Crippen LogP contribution is -2.39. The molecule has 0 bridgehead atoms. The number of benzene rings is 2. The van der Waals surface area contributed by atoms with Crippen molar-refractivity contribution in [3.63, 3.8) is 0 Å². The van der Waals surface area contributed by atoms with Crippen molar-refractivity contribution in [2.75, 3.05) is 31.4 Å². The molecule has 3 heterocycles. The van der Waals surface area contributed by atoms with Crippen molar-refractivity contribution < 1.29 is 33.0 Å². The smallest absolute Gasteiger partial charge is 0.410 e. The highest BCUT2D eigenvalue weighted by molar-refractivity contribution is 7.13. The van der Waals surface area contributed by atoms with Gasteiger partial charge in [-0.2, -0.15) is 0 Å². The molecule has 4 aromatic rings.